The highest BCUT2D eigenvalue weighted by atomic mass is 16.5. The highest BCUT2D eigenvalue weighted by Crippen LogP contribution is 2.12. The lowest BCUT2D eigenvalue weighted by molar-refractivity contribution is 0.115. The summed E-state index contributed by atoms with van der Waals surface area (Å²) in [6, 6.07) is 1.14. The molecule has 1 fully saturated rings. The van der Waals surface area contributed by atoms with Gasteiger partial charge in [0.05, 0.1) is 6.10 Å². The molecule has 0 aromatic rings. The summed E-state index contributed by atoms with van der Waals surface area (Å²) in [7, 11) is 1.79. The van der Waals surface area contributed by atoms with Crippen molar-refractivity contribution < 1.29 is 4.74 Å². The number of nitrogens with zero attached hydrogens (tertiary/aromatic N) is 1. The Morgan fingerprint density at radius 3 is 2.80 bits per heavy atom. The average Bonchev–Trinajstić information content (AvgIpc) is 2.65. The Hall–Kier alpha value is -0.380. The molecule has 1 N–H and O–H groups in total. The van der Waals surface area contributed by atoms with E-state index in [4.69, 9.17) is 4.74 Å². The van der Waals surface area contributed by atoms with Gasteiger partial charge in [0.2, 0.25) is 0 Å². The Bertz CT molecular complexity index is 194. The molecule has 0 aromatic heterocycles. The van der Waals surface area contributed by atoms with Crippen molar-refractivity contribution in [1.29, 1.82) is 0 Å². The fourth-order valence-electron chi connectivity index (χ4n) is 2.05. The smallest absolute Gasteiger partial charge is 0.0711 e. The number of methoxy groups -OCH3 is 1. The Morgan fingerprint density at radius 1 is 1.60 bits per heavy atom. The van der Waals surface area contributed by atoms with Crippen LogP contribution in [-0.2, 0) is 4.74 Å². The van der Waals surface area contributed by atoms with Crippen molar-refractivity contribution >= 4 is 0 Å². The summed E-state index contributed by atoms with van der Waals surface area (Å²) in [5.41, 5.74) is 0. The molecule has 15 heavy (non-hydrogen) atoms. The largest absolute Gasteiger partial charge is 0.380 e. The molecule has 3 nitrogen and oxygen atoms in total. The molecule has 0 saturated carbocycles. The van der Waals surface area contributed by atoms with Gasteiger partial charge in [0.15, 0.2) is 0 Å². The molecule has 1 rings (SSSR count). The number of hydrogen-bond acceptors (Lipinski definition) is 3. The van der Waals surface area contributed by atoms with Gasteiger partial charge in [-0.2, -0.15) is 0 Å². The van der Waals surface area contributed by atoms with Gasteiger partial charge >= 0.3 is 0 Å². The van der Waals surface area contributed by atoms with E-state index in [0.29, 0.717) is 18.2 Å². The molecule has 2 atom stereocenters. The molecule has 0 radical (unpaired) electrons. The van der Waals surface area contributed by atoms with Crippen LogP contribution in [0.1, 0.15) is 20.3 Å². The summed E-state index contributed by atoms with van der Waals surface area (Å²) in [6.07, 6.45) is 3.49. The number of ether oxygens (including phenoxy) is 1. The molecule has 2 unspecified atom stereocenters. The molecule has 0 aromatic carbocycles. The van der Waals surface area contributed by atoms with Gasteiger partial charge in [0, 0.05) is 38.8 Å². The zero-order valence-corrected chi connectivity index (χ0v) is 10.2. The highest BCUT2D eigenvalue weighted by molar-refractivity contribution is 4.87. The van der Waals surface area contributed by atoms with E-state index >= 15 is 0 Å². The zero-order chi connectivity index (χ0) is 11.3. The minimum atomic E-state index is 0.396. The van der Waals surface area contributed by atoms with Crippen LogP contribution in [0.4, 0.5) is 0 Å². The Morgan fingerprint density at radius 2 is 2.33 bits per heavy atom. The van der Waals surface area contributed by atoms with Crippen LogP contribution in [0.3, 0.4) is 0 Å². The van der Waals surface area contributed by atoms with Gasteiger partial charge in [-0.05, 0) is 20.3 Å². The van der Waals surface area contributed by atoms with Crippen molar-refractivity contribution in [2.45, 2.75) is 38.5 Å². The topological polar surface area (TPSA) is 24.5 Å². The second kappa shape index (κ2) is 6.26. The SMILES string of the molecule is C=CCN(CC1CC(OC)CN1)C(C)C. The van der Waals surface area contributed by atoms with Gasteiger partial charge in [0.1, 0.15) is 0 Å². The predicted molar refractivity (Wildman–Crippen MR) is 64.1 cm³/mol. The molecule has 1 aliphatic heterocycles. The maximum absolute atomic E-state index is 5.34. The van der Waals surface area contributed by atoms with Crippen LogP contribution < -0.4 is 5.32 Å². The predicted octanol–water partition coefficient (Wildman–Crippen LogP) is 1.26. The Labute approximate surface area is 93.5 Å². The van der Waals surface area contributed by atoms with Crippen LogP contribution in [0.2, 0.25) is 0 Å². The summed E-state index contributed by atoms with van der Waals surface area (Å²) in [4.78, 5) is 2.43. The normalized spacial score (nSPS) is 26.5. The quantitative estimate of drug-likeness (QED) is 0.671. The molecule has 1 heterocycles. The molecule has 1 aliphatic rings. The lowest BCUT2D eigenvalue weighted by Crippen LogP contribution is -2.41. The first-order valence-corrected chi connectivity index (χ1v) is 5.78. The Balaban J connectivity index is 2.35. The molecule has 0 amide bonds. The first-order chi connectivity index (χ1) is 7.17. The van der Waals surface area contributed by atoms with Crippen LogP contribution >= 0.6 is 0 Å². The number of nitrogens with one attached hydrogen (secondary N) is 1. The summed E-state index contributed by atoms with van der Waals surface area (Å²) < 4.78 is 5.34. The summed E-state index contributed by atoms with van der Waals surface area (Å²) in [6.45, 7) is 11.3. The summed E-state index contributed by atoms with van der Waals surface area (Å²) >= 11 is 0. The fraction of sp³-hybridized carbons (Fsp3) is 0.833. The molecule has 0 spiro atoms. The van der Waals surface area contributed by atoms with Crippen LogP contribution in [0.25, 0.3) is 0 Å². The second-order valence-corrected chi connectivity index (χ2v) is 4.53. The monoisotopic (exact) mass is 212 g/mol. The van der Waals surface area contributed by atoms with Crippen LogP contribution in [0.15, 0.2) is 12.7 Å². The standard InChI is InChI=1S/C12H24N2O/c1-5-6-14(10(2)3)9-11-7-12(15-4)8-13-11/h5,10-13H,1,6-9H2,2-4H3. The molecule has 0 bridgehead atoms. The van der Waals surface area contributed by atoms with Crippen molar-refractivity contribution in [3.05, 3.63) is 12.7 Å². The average molecular weight is 212 g/mol. The van der Waals surface area contributed by atoms with Crippen LogP contribution in [0, 0.1) is 0 Å². The third-order valence-electron chi connectivity index (χ3n) is 3.06. The van der Waals surface area contributed by atoms with E-state index in [9.17, 15) is 0 Å². The molecule has 1 saturated heterocycles. The van der Waals surface area contributed by atoms with E-state index in [2.05, 4.69) is 30.6 Å². The van der Waals surface area contributed by atoms with Crippen molar-refractivity contribution in [3.8, 4) is 0 Å². The minimum Gasteiger partial charge on any atom is -0.380 e. The maximum Gasteiger partial charge on any atom is 0.0711 e. The second-order valence-electron chi connectivity index (χ2n) is 4.53. The first-order valence-electron chi connectivity index (χ1n) is 5.78. The lowest BCUT2D eigenvalue weighted by atomic mass is 10.1. The van der Waals surface area contributed by atoms with Gasteiger partial charge in [-0.25, -0.2) is 0 Å². The first kappa shape index (κ1) is 12.7. The maximum atomic E-state index is 5.34. The van der Waals surface area contributed by atoms with Crippen LogP contribution in [-0.4, -0.2) is 49.8 Å². The molecule has 0 aliphatic carbocycles. The zero-order valence-electron chi connectivity index (χ0n) is 10.2. The van der Waals surface area contributed by atoms with Gasteiger partial charge < -0.3 is 10.1 Å². The van der Waals surface area contributed by atoms with E-state index in [1.807, 2.05) is 6.08 Å². The van der Waals surface area contributed by atoms with Crippen molar-refractivity contribution in [1.82, 2.24) is 10.2 Å². The third-order valence-corrected chi connectivity index (χ3v) is 3.06. The lowest BCUT2D eigenvalue weighted by Gasteiger charge is -2.28. The molecular weight excluding hydrogens is 188 g/mol. The Kier molecular flexibility index (Phi) is 5.29. The van der Waals surface area contributed by atoms with E-state index in [-0.39, 0.29) is 0 Å². The number of hydrogen-bond donors (Lipinski definition) is 1. The third kappa shape index (κ3) is 3.93. The minimum absolute atomic E-state index is 0.396. The van der Waals surface area contributed by atoms with Gasteiger partial charge in [-0.3, -0.25) is 4.90 Å². The van der Waals surface area contributed by atoms with Crippen molar-refractivity contribution in [2.24, 2.45) is 0 Å². The van der Waals surface area contributed by atoms with Crippen molar-refractivity contribution in [3.63, 3.8) is 0 Å². The molecular formula is C12H24N2O. The summed E-state index contributed by atoms with van der Waals surface area (Å²) in [5, 5.41) is 3.50. The van der Waals surface area contributed by atoms with E-state index in [1.165, 1.54) is 0 Å². The highest BCUT2D eigenvalue weighted by Gasteiger charge is 2.25. The van der Waals surface area contributed by atoms with E-state index < -0.39 is 0 Å². The molecule has 88 valence electrons. The summed E-state index contributed by atoms with van der Waals surface area (Å²) in [5.74, 6) is 0. The number of rotatable bonds is 6. The van der Waals surface area contributed by atoms with Crippen molar-refractivity contribution in [2.75, 3.05) is 26.7 Å². The van der Waals surface area contributed by atoms with Gasteiger partial charge in [0.25, 0.3) is 0 Å². The van der Waals surface area contributed by atoms with Crippen LogP contribution in [0.5, 0.6) is 0 Å². The van der Waals surface area contributed by atoms with Gasteiger partial charge in [-0.1, -0.05) is 6.08 Å². The fourth-order valence-corrected chi connectivity index (χ4v) is 2.05. The van der Waals surface area contributed by atoms with Gasteiger partial charge in [-0.15, -0.1) is 6.58 Å². The van der Waals surface area contributed by atoms with E-state index in [0.717, 1.165) is 26.1 Å². The molecule has 3 heteroatoms. The van der Waals surface area contributed by atoms with E-state index in [1.54, 1.807) is 7.11 Å².